The second kappa shape index (κ2) is 11.4. The fraction of sp³-hybridized carbons (Fsp3) is 0.133. The first-order valence-corrected chi connectivity index (χ1v) is 12.1. The number of hydrogen-bond acceptors (Lipinski definition) is 6. The third-order valence-corrected chi connectivity index (χ3v) is 6.09. The molecule has 5 rings (SSSR count). The Bertz CT molecular complexity index is 1530. The number of aromatic nitrogens is 3. The molecule has 0 fully saturated rings. The number of ether oxygens (including phenoxy) is 2. The van der Waals surface area contributed by atoms with E-state index in [0.717, 1.165) is 28.0 Å². The fourth-order valence-corrected chi connectivity index (χ4v) is 4.09. The second-order valence-electron chi connectivity index (χ2n) is 8.68. The highest BCUT2D eigenvalue weighted by atomic mass is 16.5. The molecule has 0 saturated heterocycles. The molecule has 8 heteroatoms. The lowest BCUT2D eigenvalue weighted by atomic mass is 10.1. The Morgan fingerprint density at radius 1 is 0.895 bits per heavy atom. The third kappa shape index (κ3) is 5.70. The lowest BCUT2D eigenvalue weighted by Gasteiger charge is -2.16. The predicted molar refractivity (Wildman–Crippen MR) is 143 cm³/mol. The number of esters is 1. The summed E-state index contributed by atoms with van der Waals surface area (Å²) in [7, 11) is 1.30. The van der Waals surface area contributed by atoms with E-state index in [1.807, 2.05) is 84.9 Å². The Hall–Kier alpha value is -4.98. The van der Waals surface area contributed by atoms with Crippen LogP contribution in [0, 0.1) is 0 Å². The summed E-state index contributed by atoms with van der Waals surface area (Å²) < 4.78 is 12.4. The van der Waals surface area contributed by atoms with Gasteiger partial charge >= 0.3 is 5.97 Å². The van der Waals surface area contributed by atoms with E-state index in [2.05, 4.69) is 15.4 Å². The first-order chi connectivity index (χ1) is 18.6. The van der Waals surface area contributed by atoms with E-state index in [9.17, 15) is 9.59 Å². The quantitative estimate of drug-likeness (QED) is 0.296. The van der Waals surface area contributed by atoms with Crippen molar-refractivity contribution in [2.24, 2.45) is 0 Å². The number of methoxy groups -OCH3 is 1. The molecule has 3 aromatic carbocycles. The first-order valence-electron chi connectivity index (χ1n) is 12.1. The molecule has 1 amide bonds. The summed E-state index contributed by atoms with van der Waals surface area (Å²) in [5.41, 5.74) is 4.34. The number of amides is 1. The normalized spacial score (nSPS) is 11.6. The van der Waals surface area contributed by atoms with Crippen LogP contribution in [0.4, 0.5) is 0 Å². The molecule has 2 aromatic heterocycles. The summed E-state index contributed by atoms with van der Waals surface area (Å²) in [6.07, 6.45) is 3.68. The monoisotopic (exact) mass is 506 g/mol. The molecule has 0 unspecified atom stereocenters. The smallest absolute Gasteiger partial charge is 0.328 e. The van der Waals surface area contributed by atoms with Crippen molar-refractivity contribution < 1.29 is 19.1 Å². The van der Waals surface area contributed by atoms with Crippen molar-refractivity contribution in [2.75, 3.05) is 7.11 Å². The standard InChI is InChI=1S/C30H26N4O4/c1-37-30(36)27(18-21-8-4-2-5-9-21)33-29(35)26-16-17-34-28(32-26)25(19-31-34)23-12-14-24(15-13-23)38-20-22-10-6-3-7-11-22/h2-17,19,27H,18,20H2,1H3,(H,33,35)/t27-/m0/s1. The van der Waals surface area contributed by atoms with Crippen LogP contribution in [0.3, 0.4) is 0 Å². The van der Waals surface area contributed by atoms with E-state index in [4.69, 9.17) is 9.47 Å². The molecule has 0 aliphatic heterocycles. The van der Waals surface area contributed by atoms with Gasteiger partial charge in [0.2, 0.25) is 0 Å². The van der Waals surface area contributed by atoms with Crippen LogP contribution >= 0.6 is 0 Å². The van der Waals surface area contributed by atoms with E-state index < -0.39 is 17.9 Å². The molecule has 2 heterocycles. The number of carbonyl (C=O) groups is 2. The first kappa shape index (κ1) is 24.7. The van der Waals surface area contributed by atoms with E-state index in [-0.39, 0.29) is 5.69 Å². The largest absolute Gasteiger partial charge is 0.489 e. The SMILES string of the molecule is COC(=O)[C@H](Cc1ccccc1)NC(=O)c1ccn2ncc(-c3ccc(OCc4ccccc4)cc3)c2n1. The van der Waals surface area contributed by atoms with Gasteiger partial charge in [0, 0.05) is 18.2 Å². The number of rotatable bonds is 9. The molecular weight excluding hydrogens is 480 g/mol. The van der Waals surface area contributed by atoms with Gasteiger partial charge in [-0.1, -0.05) is 72.8 Å². The summed E-state index contributed by atoms with van der Waals surface area (Å²) >= 11 is 0. The highest BCUT2D eigenvalue weighted by Crippen LogP contribution is 2.26. The number of nitrogens with one attached hydrogen (secondary N) is 1. The molecule has 0 spiro atoms. The van der Waals surface area contributed by atoms with E-state index in [1.54, 1.807) is 23.0 Å². The molecule has 0 radical (unpaired) electrons. The predicted octanol–water partition coefficient (Wildman–Crippen LogP) is 4.49. The van der Waals surface area contributed by atoms with Crippen molar-refractivity contribution >= 4 is 17.5 Å². The molecule has 1 N–H and O–H groups in total. The molecule has 0 bridgehead atoms. The van der Waals surface area contributed by atoms with Gasteiger partial charge in [0.25, 0.3) is 5.91 Å². The Morgan fingerprint density at radius 3 is 2.26 bits per heavy atom. The van der Waals surface area contributed by atoms with Crippen molar-refractivity contribution in [2.45, 2.75) is 19.1 Å². The van der Waals surface area contributed by atoms with Crippen LogP contribution in [-0.4, -0.2) is 39.6 Å². The maximum absolute atomic E-state index is 13.1. The molecule has 190 valence electrons. The maximum Gasteiger partial charge on any atom is 0.328 e. The molecule has 38 heavy (non-hydrogen) atoms. The number of carbonyl (C=O) groups excluding carboxylic acids is 2. The highest BCUT2D eigenvalue weighted by Gasteiger charge is 2.23. The van der Waals surface area contributed by atoms with Gasteiger partial charge in [-0.05, 0) is 34.9 Å². The molecule has 5 aromatic rings. The Balaban J connectivity index is 1.33. The second-order valence-corrected chi connectivity index (χ2v) is 8.68. The molecule has 0 saturated carbocycles. The van der Waals surface area contributed by atoms with Crippen LogP contribution in [0.25, 0.3) is 16.8 Å². The highest BCUT2D eigenvalue weighted by molar-refractivity contribution is 5.96. The number of nitrogens with zero attached hydrogens (tertiary/aromatic N) is 3. The fourth-order valence-electron chi connectivity index (χ4n) is 4.09. The van der Waals surface area contributed by atoms with Crippen LogP contribution in [-0.2, 0) is 22.6 Å². The zero-order chi connectivity index (χ0) is 26.3. The molecule has 0 aliphatic rings. The van der Waals surface area contributed by atoms with Gasteiger partial charge in [0.15, 0.2) is 5.65 Å². The zero-order valence-corrected chi connectivity index (χ0v) is 20.8. The third-order valence-electron chi connectivity index (χ3n) is 6.09. The van der Waals surface area contributed by atoms with Crippen LogP contribution in [0.1, 0.15) is 21.6 Å². The van der Waals surface area contributed by atoms with Crippen molar-refractivity contribution in [1.29, 1.82) is 0 Å². The van der Waals surface area contributed by atoms with E-state index >= 15 is 0 Å². The minimum absolute atomic E-state index is 0.170. The molecule has 0 aliphatic carbocycles. The molecular formula is C30H26N4O4. The van der Waals surface area contributed by atoms with Gasteiger partial charge in [-0.25, -0.2) is 14.3 Å². The molecule has 1 atom stereocenters. The average Bonchev–Trinajstić information content (AvgIpc) is 3.40. The minimum atomic E-state index is -0.847. The van der Waals surface area contributed by atoms with Gasteiger partial charge in [-0.15, -0.1) is 0 Å². The van der Waals surface area contributed by atoms with Crippen molar-refractivity contribution in [3.63, 3.8) is 0 Å². The van der Waals surface area contributed by atoms with Crippen molar-refractivity contribution in [3.05, 3.63) is 120 Å². The van der Waals surface area contributed by atoms with Gasteiger partial charge in [-0.2, -0.15) is 5.10 Å². The summed E-state index contributed by atoms with van der Waals surface area (Å²) in [5.74, 6) is -0.257. The lowest BCUT2D eigenvalue weighted by Crippen LogP contribution is -2.43. The van der Waals surface area contributed by atoms with Gasteiger partial charge in [0.05, 0.1) is 13.3 Å². The zero-order valence-electron chi connectivity index (χ0n) is 20.8. The van der Waals surface area contributed by atoms with Gasteiger partial charge in [0.1, 0.15) is 24.1 Å². The Kier molecular flexibility index (Phi) is 7.40. The van der Waals surface area contributed by atoms with Gasteiger partial charge in [-0.3, -0.25) is 4.79 Å². The van der Waals surface area contributed by atoms with Crippen LogP contribution in [0.5, 0.6) is 5.75 Å². The summed E-state index contributed by atoms with van der Waals surface area (Å²) in [4.78, 5) is 30.0. The number of hydrogen-bond donors (Lipinski definition) is 1. The number of benzene rings is 3. The van der Waals surface area contributed by atoms with Crippen LogP contribution in [0.15, 0.2) is 103 Å². The summed E-state index contributed by atoms with van der Waals surface area (Å²) in [5, 5.41) is 7.13. The summed E-state index contributed by atoms with van der Waals surface area (Å²) in [6, 6.07) is 27.8. The topological polar surface area (TPSA) is 94.8 Å². The van der Waals surface area contributed by atoms with Crippen LogP contribution < -0.4 is 10.1 Å². The molecule has 8 nitrogen and oxygen atoms in total. The Labute approximate surface area is 219 Å². The van der Waals surface area contributed by atoms with Crippen molar-refractivity contribution in [3.8, 4) is 16.9 Å². The van der Waals surface area contributed by atoms with E-state index in [0.29, 0.717) is 18.7 Å². The summed E-state index contributed by atoms with van der Waals surface area (Å²) in [6.45, 7) is 0.480. The number of fused-ring (bicyclic) bond motifs is 1. The maximum atomic E-state index is 13.1. The van der Waals surface area contributed by atoms with Crippen molar-refractivity contribution in [1.82, 2.24) is 19.9 Å². The van der Waals surface area contributed by atoms with E-state index in [1.165, 1.54) is 7.11 Å². The average molecular weight is 507 g/mol. The minimum Gasteiger partial charge on any atom is -0.489 e. The van der Waals surface area contributed by atoms with Crippen LogP contribution in [0.2, 0.25) is 0 Å². The lowest BCUT2D eigenvalue weighted by molar-refractivity contribution is -0.142. The van der Waals surface area contributed by atoms with Gasteiger partial charge < -0.3 is 14.8 Å². The Morgan fingerprint density at radius 2 is 1.58 bits per heavy atom.